The van der Waals surface area contributed by atoms with Crippen molar-refractivity contribution in [3.8, 4) is 0 Å². The molecule has 0 atom stereocenters. The number of esters is 1. The molecule has 2 rings (SSSR count). The number of anilines is 3. The minimum absolute atomic E-state index is 0.214. The van der Waals surface area contributed by atoms with Crippen LogP contribution in [0.4, 0.5) is 17.2 Å². The fraction of sp³-hybridized carbons (Fsp3) is 0.0769. The van der Waals surface area contributed by atoms with E-state index in [4.69, 9.17) is 17.3 Å². The molecule has 3 N–H and O–H groups in total. The van der Waals surface area contributed by atoms with E-state index in [0.29, 0.717) is 21.0 Å². The van der Waals surface area contributed by atoms with E-state index in [1.54, 1.807) is 12.1 Å². The van der Waals surface area contributed by atoms with Gasteiger partial charge in [-0.05, 0) is 34.1 Å². The molecule has 0 aliphatic carbocycles. The van der Waals surface area contributed by atoms with Crippen molar-refractivity contribution in [3.63, 3.8) is 0 Å². The summed E-state index contributed by atoms with van der Waals surface area (Å²) in [6.45, 7) is 0. The first-order valence-corrected chi connectivity index (χ1v) is 6.75. The molecule has 0 saturated heterocycles. The molecule has 1 aromatic heterocycles. The van der Waals surface area contributed by atoms with E-state index in [2.05, 4.69) is 31.0 Å². The van der Waals surface area contributed by atoms with Gasteiger partial charge in [0.15, 0.2) is 5.82 Å². The highest BCUT2D eigenvalue weighted by Crippen LogP contribution is 2.33. The molecule has 0 aliphatic heterocycles. The highest BCUT2D eigenvalue weighted by Gasteiger charge is 2.15. The lowest BCUT2D eigenvalue weighted by atomic mass is 10.2. The molecule has 1 aromatic carbocycles. The number of carbonyl (C=O) groups is 1. The van der Waals surface area contributed by atoms with Crippen molar-refractivity contribution >= 4 is 50.7 Å². The van der Waals surface area contributed by atoms with E-state index < -0.39 is 5.97 Å². The number of halogens is 2. The van der Waals surface area contributed by atoms with Gasteiger partial charge in [-0.15, -0.1) is 0 Å². The normalized spacial score (nSPS) is 10.2. The van der Waals surface area contributed by atoms with Gasteiger partial charge in [0.05, 0.1) is 33.5 Å². The standard InChI is InChI=1S/C13H11BrClN3O2/c1-20-13(19)7-5-6-17-12(11(7)16)18-9-4-2-3-8(15)10(9)14/h2-6H,16H2,1H3,(H,17,18). The Labute approximate surface area is 129 Å². The number of hydrogen-bond acceptors (Lipinski definition) is 5. The third-order valence-corrected chi connectivity index (χ3v) is 4.00. The van der Waals surface area contributed by atoms with Gasteiger partial charge in [0.25, 0.3) is 0 Å². The highest BCUT2D eigenvalue weighted by atomic mass is 79.9. The fourth-order valence-corrected chi connectivity index (χ4v) is 2.13. The lowest BCUT2D eigenvalue weighted by Crippen LogP contribution is -2.09. The maximum absolute atomic E-state index is 11.6. The second-order valence-corrected chi connectivity index (χ2v) is 5.04. The molecule has 0 amide bonds. The minimum Gasteiger partial charge on any atom is -0.465 e. The number of nitrogens with one attached hydrogen (secondary N) is 1. The maximum Gasteiger partial charge on any atom is 0.340 e. The fourth-order valence-electron chi connectivity index (χ4n) is 1.59. The quantitative estimate of drug-likeness (QED) is 0.822. The van der Waals surface area contributed by atoms with Gasteiger partial charge >= 0.3 is 5.97 Å². The van der Waals surface area contributed by atoms with Crippen LogP contribution in [0, 0.1) is 0 Å². The van der Waals surface area contributed by atoms with Crippen LogP contribution in [-0.2, 0) is 4.74 Å². The number of pyridine rings is 1. The summed E-state index contributed by atoms with van der Waals surface area (Å²) in [5.74, 6) is -0.158. The molecule has 0 spiro atoms. The van der Waals surface area contributed by atoms with E-state index in [9.17, 15) is 4.79 Å². The molecular weight excluding hydrogens is 346 g/mol. The predicted molar refractivity (Wildman–Crippen MR) is 82.4 cm³/mol. The number of carbonyl (C=O) groups excluding carboxylic acids is 1. The van der Waals surface area contributed by atoms with Gasteiger partial charge < -0.3 is 15.8 Å². The van der Waals surface area contributed by atoms with Gasteiger partial charge in [0.2, 0.25) is 0 Å². The van der Waals surface area contributed by atoms with Crippen LogP contribution in [0.3, 0.4) is 0 Å². The molecule has 0 bridgehead atoms. The molecule has 0 aliphatic rings. The number of nitrogen functional groups attached to an aromatic ring is 1. The van der Waals surface area contributed by atoms with Gasteiger partial charge in [-0.25, -0.2) is 9.78 Å². The Hall–Kier alpha value is -1.79. The molecule has 0 fully saturated rings. The van der Waals surface area contributed by atoms with Crippen LogP contribution in [-0.4, -0.2) is 18.1 Å². The first-order valence-electron chi connectivity index (χ1n) is 5.58. The first-order chi connectivity index (χ1) is 9.54. The first kappa shape index (κ1) is 14.6. The summed E-state index contributed by atoms with van der Waals surface area (Å²) < 4.78 is 5.35. The van der Waals surface area contributed by atoms with Gasteiger partial charge in [-0.2, -0.15) is 0 Å². The maximum atomic E-state index is 11.6. The second kappa shape index (κ2) is 6.11. The van der Waals surface area contributed by atoms with Crippen LogP contribution in [0.5, 0.6) is 0 Å². The van der Waals surface area contributed by atoms with Crippen LogP contribution in [0.2, 0.25) is 5.02 Å². The number of ether oxygens (including phenoxy) is 1. The molecule has 20 heavy (non-hydrogen) atoms. The number of hydrogen-bond donors (Lipinski definition) is 2. The molecule has 5 nitrogen and oxygen atoms in total. The number of methoxy groups -OCH3 is 1. The Bertz CT molecular complexity index is 664. The van der Waals surface area contributed by atoms with Crippen molar-refractivity contribution in [1.29, 1.82) is 0 Å². The summed E-state index contributed by atoms with van der Waals surface area (Å²) in [5, 5.41) is 3.58. The molecule has 0 radical (unpaired) electrons. The van der Waals surface area contributed by atoms with Crippen LogP contribution in [0.15, 0.2) is 34.9 Å². The Balaban J connectivity index is 2.39. The van der Waals surface area contributed by atoms with E-state index in [1.807, 2.05) is 6.07 Å². The van der Waals surface area contributed by atoms with Crippen molar-refractivity contribution in [2.75, 3.05) is 18.2 Å². The predicted octanol–water partition coefficient (Wildman–Crippen LogP) is 3.61. The summed E-state index contributed by atoms with van der Waals surface area (Å²) in [7, 11) is 1.29. The summed E-state index contributed by atoms with van der Waals surface area (Å²) >= 11 is 9.38. The monoisotopic (exact) mass is 355 g/mol. The van der Waals surface area contributed by atoms with Crippen LogP contribution < -0.4 is 11.1 Å². The topological polar surface area (TPSA) is 77.2 Å². The molecule has 2 aromatic rings. The van der Waals surface area contributed by atoms with Gasteiger partial charge in [-0.1, -0.05) is 17.7 Å². The SMILES string of the molecule is COC(=O)c1ccnc(Nc2cccc(Cl)c2Br)c1N. The smallest absolute Gasteiger partial charge is 0.340 e. The molecule has 0 saturated carbocycles. The van der Waals surface area contributed by atoms with E-state index in [-0.39, 0.29) is 11.3 Å². The summed E-state index contributed by atoms with van der Waals surface area (Å²) in [5.41, 5.74) is 7.08. The van der Waals surface area contributed by atoms with Gasteiger partial charge in [-0.3, -0.25) is 0 Å². The summed E-state index contributed by atoms with van der Waals surface area (Å²) in [4.78, 5) is 15.7. The molecule has 104 valence electrons. The zero-order valence-corrected chi connectivity index (χ0v) is 12.8. The average molecular weight is 357 g/mol. The van der Waals surface area contributed by atoms with Gasteiger partial charge in [0.1, 0.15) is 0 Å². The Morgan fingerprint density at radius 1 is 1.45 bits per heavy atom. The Morgan fingerprint density at radius 3 is 2.90 bits per heavy atom. The number of nitrogens with zero attached hydrogens (tertiary/aromatic N) is 1. The zero-order valence-electron chi connectivity index (χ0n) is 10.5. The van der Waals surface area contributed by atoms with Crippen molar-refractivity contribution in [2.45, 2.75) is 0 Å². The molecular formula is C13H11BrClN3O2. The van der Waals surface area contributed by atoms with Crippen LogP contribution in [0.25, 0.3) is 0 Å². The molecule has 7 heteroatoms. The largest absolute Gasteiger partial charge is 0.465 e. The summed E-state index contributed by atoms with van der Waals surface area (Å²) in [6.07, 6.45) is 1.48. The number of rotatable bonds is 3. The van der Waals surface area contributed by atoms with Crippen molar-refractivity contribution < 1.29 is 9.53 Å². The highest BCUT2D eigenvalue weighted by molar-refractivity contribution is 9.10. The van der Waals surface area contributed by atoms with Gasteiger partial charge in [0, 0.05) is 6.20 Å². The Kier molecular flexibility index (Phi) is 4.46. The van der Waals surface area contributed by atoms with Crippen LogP contribution in [0.1, 0.15) is 10.4 Å². The van der Waals surface area contributed by atoms with E-state index in [1.165, 1.54) is 19.4 Å². The molecule has 1 heterocycles. The average Bonchev–Trinajstić information content (AvgIpc) is 2.45. The van der Waals surface area contributed by atoms with E-state index in [0.717, 1.165) is 0 Å². The minimum atomic E-state index is -0.516. The summed E-state index contributed by atoms with van der Waals surface area (Å²) in [6, 6.07) is 6.84. The molecule has 0 unspecified atom stereocenters. The lowest BCUT2D eigenvalue weighted by Gasteiger charge is -2.12. The lowest BCUT2D eigenvalue weighted by molar-refractivity contribution is 0.0602. The third-order valence-electron chi connectivity index (χ3n) is 2.60. The van der Waals surface area contributed by atoms with Crippen molar-refractivity contribution in [2.24, 2.45) is 0 Å². The zero-order chi connectivity index (χ0) is 14.7. The van der Waals surface area contributed by atoms with Crippen molar-refractivity contribution in [3.05, 3.63) is 45.5 Å². The Morgan fingerprint density at radius 2 is 2.20 bits per heavy atom. The number of nitrogens with two attached hydrogens (primary N) is 1. The second-order valence-electron chi connectivity index (χ2n) is 3.84. The van der Waals surface area contributed by atoms with Crippen molar-refractivity contribution in [1.82, 2.24) is 4.98 Å². The van der Waals surface area contributed by atoms with E-state index >= 15 is 0 Å². The number of aromatic nitrogens is 1. The third kappa shape index (κ3) is 2.86. The number of benzene rings is 1. The van der Waals surface area contributed by atoms with Crippen LogP contribution >= 0.6 is 27.5 Å².